The van der Waals surface area contributed by atoms with Crippen molar-refractivity contribution in [2.24, 2.45) is 0 Å². The van der Waals surface area contributed by atoms with Gasteiger partial charge < -0.3 is 4.42 Å². The van der Waals surface area contributed by atoms with Crippen LogP contribution in [0, 0.1) is 0 Å². The Bertz CT molecular complexity index is 529. The quantitative estimate of drug-likeness (QED) is 0.629. The Labute approximate surface area is 91.4 Å². The summed E-state index contributed by atoms with van der Waals surface area (Å²) in [4.78, 5) is 15.4. The number of aromatic nitrogens is 1. The van der Waals surface area contributed by atoms with Crippen LogP contribution in [0.4, 0.5) is 0 Å². The fourth-order valence-corrected chi connectivity index (χ4v) is 1.55. The number of benzene rings is 1. The maximum absolute atomic E-state index is 10.9. The van der Waals surface area contributed by atoms with Crippen LogP contribution in [0.25, 0.3) is 11.1 Å². The topological polar surface area (TPSA) is 49.2 Å². The first kappa shape index (κ1) is 10.3. The van der Waals surface area contributed by atoms with Crippen molar-refractivity contribution in [3.05, 3.63) is 34.3 Å². The number of nitrogens with zero attached hydrogens (tertiary/aromatic N) is 1. The average Bonchev–Trinajstić information content (AvgIpc) is 2.55. The Balaban J connectivity index is 2.50. The van der Waals surface area contributed by atoms with Gasteiger partial charge in [-0.25, -0.2) is 4.79 Å². The van der Waals surface area contributed by atoms with Crippen LogP contribution in [0.15, 0.2) is 27.4 Å². The van der Waals surface area contributed by atoms with Crippen LogP contribution in [-0.4, -0.2) is 24.0 Å². The molecule has 1 aromatic carbocycles. The van der Waals surface area contributed by atoms with E-state index < -0.39 is 5.76 Å². The lowest BCUT2D eigenvalue weighted by atomic mass is 10.2. The minimum Gasteiger partial charge on any atom is -0.408 e. The third-order valence-corrected chi connectivity index (χ3v) is 2.81. The highest BCUT2D eigenvalue weighted by Crippen LogP contribution is 2.24. The zero-order valence-electron chi connectivity index (χ0n) is 8.45. The SMILES string of the molecule is CN(C)C(Cl)c1ccc2oc(=O)[nH]c2c1. The van der Waals surface area contributed by atoms with E-state index in [1.54, 1.807) is 6.07 Å². The summed E-state index contributed by atoms with van der Waals surface area (Å²) in [5.41, 5.74) is 1.93. The number of hydrogen-bond acceptors (Lipinski definition) is 3. The number of oxazole rings is 1. The molecule has 0 bridgehead atoms. The molecule has 1 aromatic heterocycles. The molecule has 0 spiro atoms. The number of fused-ring (bicyclic) bond motifs is 1. The van der Waals surface area contributed by atoms with E-state index in [0.717, 1.165) is 5.56 Å². The molecule has 0 saturated carbocycles. The first-order valence-electron chi connectivity index (χ1n) is 4.51. The lowest BCUT2D eigenvalue weighted by molar-refractivity contribution is 0.385. The van der Waals surface area contributed by atoms with Crippen molar-refractivity contribution < 1.29 is 4.42 Å². The van der Waals surface area contributed by atoms with Crippen molar-refractivity contribution in [1.29, 1.82) is 0 Å². The summed E-state index contributed by atoms with van der Waals surface area (Å²) in [5.74, 6) is -0.446. The number of alkyl halides is 1. The van der Waals surface area contributed by atoms with Gasteiger partial charge in [0, 0.05) is 0 Å². The smallest absolute Gasteiger partial charge is 0.408 e. The Morgan fingerprint density at radius 1 is 1.47 bits per heavy atom. The molecule has 1 N–H and O–H groups in total. The summed E-state index contributed by atoms with van der Waals surface area (Å²) in [5, 5.41) is 0. The highest BCUT2D eigenvalue weighted by molar-refractivity contribution is 6.20. The van der Waals surface area contributed by atoms with Crippen molar-refractivity contribution in [2.45, 2.75) is 5.50 Å². The number of hydrogen-bond donors (Lipinski definition) is 1. The number of rotatable bonds is 2. The Morgan fingerprint density at radius 3 is 2.87 bits per heavy atom. The molecule has 0 fully saturated rings. The summed E-state index contributed by atoms with van der Waals surface area (Å²) in [6.07, 6.45) is 0. The zero-order valence-corrected chi connectivity index (χ0v) is 9.21. The summed E-state index contributed by atoms with van der Waals surface area (Å²) in [6.45, 7) is 0. The highest BCUT2D eigenvalue weighted by Gasteiger charge is 2.11. The van der Waals surface area contributed by atoms with E-state index in [2.05, 4.69) is 4.98 Å². The molecule has 0 aliphatic heterocycles. The molecule has 5 heteroatoms. The molecular formula is C10H11ClN2O2. The van der Waals surface area contributed by atoms with Gasteiger partial charge in [0.2, 0.25) is 0 Å². The molecule has 0 saturated heterocycles. The molecule has 1 heterocycles. The fourth-order valence-electron chi connectivity index (χ4n) is 1.42. The molecule has 2 aromatic rings. The van der Waals surface area contributed by atoms with Crippen molar-refractivity contribution in [1.82, 2.24) is 9.88 Å². The predicted molar refractivity (Wildman–Crippen MR) is 59.1 cm³/mol. The molecule has 80 valence electrons. The Hall–Kier alpha value is -1.26. The van der Waals surface area contributed by atoms with Gasteiger partial charge in [-0.05, 0) is 31.8 Å². The number of nitrogens with one attached hydrogen (secondary N) is 1. The second kappa shape index (κ2) is 3.72. The third-order valence-electron chi connectivity index (χ3n) is 2.17. The van der Waals surface area contributed by atoms with Crippen LogP contribution >= 0.6 is 11.6 Å². The second-order valence-corrected chi connectivity index (χ2v) is 3.98. The van der Waals surface area contributed by atoms with Crippen molar-refractivity contribution in [3.63, 3.8) is 0 Å². The van der Waals surface area contributed by atoms with Crippen LogP contribution in [0.1, 0.15) is 11.1 Å². The summed E-state index contributed by atoms with van der Waals surface area (Å²) in [6, 6.07) is 5.40. The molecule has 0 aliphatic rings. The third kappa shape index (κ3) is 1.91. The van der Waals surface area contributed by atoms with E-state index >= 15 is 0 Å². The van der Waals surface area contributed by atoms with Gasteiger partial charge in [0.1, 0.15) is 5.50 Å². The Kier molecular flexibility index (Phi) is 2.54. The normalized spacial score (nSPS) is 13.6. The fraction of sp³-hybridized carbons (Fsp3) is 0.300. The van der Waals surface area contributed by atoms with Crippen LogP contribution in [0.3, 0.4) is 0 Å². The van der Waals surface area contributed by atoms with E-state index in [1.807, 2.05) is 31.1 Å². The van der Waals surface area contributed by atoms with Gasteiger partial charge in [0.05, 0.1) is 5.52 Å². The molecule has 15 heavy (non-hydrogen) atoms. The highest BCUT2D eigenvalue weighted by atomic mass is 35.5. The van der Waals surface area contributed by atoms with Crippen LogP contribution in [-0.2, 0) is 0 Å². The summed E-state index contributed by atoms with van der Waals surface area (Å²) in [7, 11) is 3.78. The molecule has 2 rings (SSSR count). The van der Waals surface area contributed by atoms with E-state index in [-0.39, 0.29) is 5.50 Å². The van der Waals surface area contributed by atoms with Crippen molar-refractivity contribution in [2.75, 3.05) is 14.1 Å². The Morgan fingerprint density at radius 2 is 2.20 bits per heavy atom. The van der Waals surface area contributed by atoms with Gasteiger partial charge in [-0.3, -0.25) is 9.88 Å². The van der Waals surface area contributed by atoms with Gasteiger partial charge in [-0.2, -0.15) is 0 Å². The van der Waals surface area contributed by atoms with E-state index in [1.165, 1.54) is 0 Å². The van der Waals surface area contributed by atoms with E-state index in [4.69, 9.17) is 16.0 Å². The van der Waals surface area contributed by atoms with Gasteiger partial charge in [-0.1, -0.05) is 6.07 Å². The standard InChI is InChI=1S/C10H11ClN2O2/c1-13(2)9(11)6-3-4-8-7(5-6)12-10(14)15-8/h3-5,9H,1-2H3,(H,12,14). The molecule has 4 nitrogen and oxygen atoms in total. The zero-order chi connectivity index (χ0) is 11.0. The molecule has 0 radical (unpaired) electrons. The average molecular weight is 227 g/mol. The lowest BCUT2D eigenvalue weighted by Crippen LogP contribution is -2.14. The molecule has 1 unspecified atom stereocenters. The molecular weight excluding hydrogens is 216 g/mol. The van der Waals surface area contributed by atoms with Crippen molar-refractivity contribution >= 4 is 22.7 Å². The predicted octanol–water partition coefficient (Wildman–Crippen LogP) is 1.92. The monoisotopic (exact) mass is 226 g/mol. The first-order chi connectivity index (χ1) is 7.08. The minimum atomic E-state index is -0.446. The maximum atomic E-state index is 10.9. The maximum Gasteiger partial charge on any atom is 0.417 e. The lowest BCUT2D eigenvalue weighted by Gasteiger charge is -2.17. The number of aromatic amines is 1. The minimum absolute atomic E-state index is 0.215. The number of H-pyrrole nitrogens is 1. The summed E-state index contributed by atoms with van der Waals surface area (Å²) < 4.78 is 4.90. The first-order valence-corrected chi connectivity index (χ1v) is 4.95. The van der Waals surface area contributed by atoms with Crippen LogP contribution in [0.2, 0.25) is 0 Å². The van der Waals surface area contributed by atoms with Gasteiger partial charge in [0.15, 0.2) is 5.58 Å². The van der Waals surface area contributed by atoms with E-state index in [0.29, 0.717) is 11.1 Å². The van der Waals surface area contributed by atoms with Gasteiger partial charge in [-0.15, -0.1) is 11.6 Å². The van der Waals surface area contributed by atoms with E-state index in [9.17, 15) is 4.79 Å². The van der Waals surface area contributed by atoms with Crippen LogP contribution in [0.5, 0.6) is 0 Å². The molecule has 0 aliphatic carbocycles. The summed E-state index contributed by atoms with van der Waals surface area (Å²) >= 11 is 6.15. The van der Waals surface area contributed by atoms with Gasteiger partial charge in [0.25, 0.3) is 0 Å². The molecule has 1 atom stereocenters. The van der Waals surface area contributed by atoms with Gasteiger partial charge >= 0.3 is 5.76 Å². The second-order valence-electron chi connectivity index (χ2n) is 3.57. The van der Waals surface area contributed by atoms with Crippen LogP contribution < -0.4 is 5.76 Å². The number of halogens is 1. The molecule has 0 amide bonds. The largest absolute Gasteiger partial charge is 0.417 e. The van der Waals surface area contributed by atoms with Crippen molar-refractivity contribution in [3.8, 4) is 0 Å².